The maximum absolute atomic E-state index is 13.3. The van der Waals surface area contributed by atoms with E-state index >= 15 is 0 Å². The van der Waals surface area contributed by atoms with Crippen LogP contribution in [0.3, 0.4) is 0 Å². The summed E-state index contributed by atoms with van der Waals surface area (Å²) in [6.45, 7) is 4.86. The number of hydrogen-bond acceptors (Lipinski definition) is 4. The Balaban J connectivity index is 2.12. The van der Waals surface area contributed by atoms with Crippen LogP contribution in [0.25, 0.3) is 0 Å². The van der Waals surface area contributed by atoms with Crippen LogP contribution in [0.5, 0.6) is 0 Å². The minimum Gasteiger partial charge on any atom is -0.354 e. The van der Waals surface area contributed by atoms with E-state index in [2.05, 4.69) is 5.32 Å². The predicted molar refractivity (Wildman–Crippen MR) is 139 cm³/mol. The van der Waals surface area contributed by atoms with E-state index in [-0.39, 0.29) is 36.2 Å². The topological polar surface area (TPSA) is 86.8 Å². The van der Waals surface area contributed by atoms with Crippen molar-refractivity contribution in [3.05, 3.63) is 65.2 Å². The second-order valence-electron chi connectivity index (χ2n) is 8.42. The highest BCUT2D eigenvalue weighted by Gasteiger charge is 2.29. The molecule has 2 aromatic rings. The highest BCUT2D eigenvalue weighted by Crippen LogP contribution is 2.21. The van der Waals surface area contributed by atoms with Gasteiger partial charge < -0.3 is 10.2 Å². The van der Waals surface area contributed by atoms with Crippen molar-refractivity contribution in [1.82, 2.24) is 14.5 Å². The molecule has 0 saturated carbocycles. The van der Waals surface area contributed by atoms with Crippen molar-refractivity contribution in [3.63, 3.8) is 0 Å². The van der Waals surface area contributed by atoms with Gasteiger partial charge in [-0.15, -0.1) is 0 Å². The van der Waals surface area contributed by atoms with E-state index in [4.69, 9.17) is 11.6 Å². The molecule has 2 aromatic carbocycles. The Hall–Kier alpha value is -2.42. The minimum absolute atomic E-state index is 0.109. The molecule has 1 N–H and O–H groups in total. The standard InChI is InChI=1S/C26H36ClN3O4S/c1-4-6-18-28-26(32)24(5-2)30(20-21-13-10-11-16-23(21)27)25(31)17-12-19-29(3)35(33,34)22-14-8-7-9-15-22/h7-11,13-16,24H,4-6,12,17-20H2,1-3H3,(H,28,32)/t24-/m1/s1. The van der Waals surface area contributed by atoms with E-state index in [9.17, 15) is 18.0 Å². The first-order valence-corrected chi connectivity index (χ1v) is 13.9. The number of hydrogen-bond donors (Lipinski definition) is 1. The van der Waals surface area contributed by atoms with Crippen molar-refractivity contribution in [2.45, 2.75) is 63.4 Å². The molecule has 0 spiro atoms. The van der Waals surface area contributed by atoms with Gasteiger partial charge in [-0.25, -0.2) is 12.7 Å². The largest absolute Gasteiger partial charge is 0.354 e. The fourth-order valence-corrected chi connectivity index (χ4v) is 5.15. The van der Waals surface area contributed by atoms with Crippen molar-refractivity contribution >= 4 is 33.4 Å². The Morgan fingerprint density at radius 1 is 1.00 bits per heavy atom. The first-order valence-electron chi connectivity index (χ1n) is 12.0. The number of unbranched alkanes of at least 4 members (excludes halogenated alkanes) is 1. The summed E-state index contributed by atoms with van der Waals surface area (Å²) >= 11 is 6.35. The number of rotatable bonds is 14. The van der Waals surface area contributed by atoms with Crippen LogP contribution in [-0.4, -0.2) is 55.6 Å². The van der Waals surface area contributed by atoms with Gasteiger partial charge in [0, 0.05) is 38.1 Å². The molecule has 0 unspecified atom stereocenters. The molecule has 192 valence electrons. The zero-order valence-electron chi connectivity index (χ0n) is 20.7. The van der Waals surface area contributed by atoms with Crippen LogP contribution >= 0.6 is 11.6 Å². The molecule has 2 rings (SSSR count). The summed E-state index contributed by atoms with van der Waals surface area (Å²) in [5, 5.41) is 3.46. The molecule has 0 aromatic heterocycles. The number of nitrogens with one attached hydrogen (secondary N) is 1. The smallest absolute Gasteiger partial charge is 0.242 e. The third-order valence-corrected chi connectivity index (χ3v) is 8.07. The number of carbonyl (C=O) groups is 2. The highest BCUT2D eigenvalue weighted by atomic mass is 35.5. The SMILES string of the molecule is CCCCNC(=O)[C@@H](CC)N(Cc1ccccc1Cl)C(=O)CCCN(C)S(=O)(=O)c1ccccc1. The summed E-state index contributed by atoms with van der Waals surface area (Å²) in [7, 11) is -2.13. The Labute approximate surface area is 214 Å². The Bertz CT molecular complexity index is 1060. The molecule has 7 nitrogen and oxygen atoms in total. The molecule has 0 aliphatic rings. The highest BCUT2D eigenvalue weighted by molar-refractivity contribution is 7.89. The van der Waals surface area contributed by atoms with Gasteiger partial charge in [-0.3, -0.25) is 9.59 Å². The van der Waals surface area contributed by atoms with Gasteiger partial charge in [0.25, 0.3) is 0 Å². The van der Waals surface area contributed by atoms with E-state index in [1.807, 2.05) is 32.0 Å². The van der Waals surface area contributed by atoms with Crippen molar-refractivity contribution in [1.29, 1.82) is 0 Å². The normalized spacial score (nSPS) is 12.4. The van der Waals surface area contributed by atoms with Gasteiger partial charge in [0.05, 0.1) is 4.90 Å². The summed E-state index contributed by atoms with van der Waals surface area (Å²) in [5.41, 5.74) is 0.756. The van der Waals surface area contributed by atoms with Crippen LogP contribution < -0.4 is 5.32 Å². The fraction of sp³-hybridized carbons (Fsp3) is 0.462. The monoisotopic (exact) mass is 521 g/mol. The van der Waals surface area contributed by atoms with Crippen LogP contribution in [0.1, 0.15) is 51.5 Å². The lowest BCUT2D eigenvalue weighted by molar-refractivity contribution is -0.141. The third-order valence-electron chi connectivity index (χ3n) is 5.83. The summed E-state index contributed by atoms with van der Waals surface area (Å²) in [6.07, 6.45) is 2.71. The molecule has 2 amide bonds. The van der Waals surface area contributed by atoms with Gasteiger partial charge in [-0.1, -0.05) is 68.3 Å². The maximum atomic E-state index is 13.3. The molecule has 0 bridgehead atoms. The maximum Gasteiger partial charge on any atom is 0.242 e. The summed E-state index contributed by atoms with van der Waals surface area (Å²) in [6, 6.07) is 14.8. The van der Waals surface area contributed by atoms with Crippen molar-refractivity contribution < 1.29 is 18.0 Å². The van der Waals surface area contributed by atoms with Crippen molar-refractivity contribution in [2.24, 2.45) is 0 Å². The van der Waals surface area contributed by atoms with Crippen molar-refractivity contribution in [3.8, 4) is 0 Å². The predicted octanol–water partition coefficient (Wildman–Crippen LogP) is 4.46. The van der Waals surface area contributed by atoms with Gasteiger partial charge in [0.2, 0.25) is 21.8 Å². The van der Waals surface area contributed by atoms with E-state index < -0.39 is 16.1 Å². The second-order valence-corrected chi connectivity index (χ2v) is 10.9. The van der Waals surface area contributed by atoms with E-state index in [1.54, 1.807) is 41.3 Å². The van der Waals surface area contributed by atoms with Gasteiger partial charge in [0.1, 0.15) is 6.04 Å². The molecule has 35 heavy (non-hydrogen) atoms. The van der Waals surface area contributed by atoms with Gasteiger partial charge in [0.15, 0.2) is 0 Å². The Morgan fingerprint density at radius 3 is 2.29 bits per heavy atom. The number of nitrogens with zero attached hydrogens (tertiary/aromatic N) is 2. The van der Waals surface area contributed by atoms with Gasteiger partial charge in [-0.05, 0) is 43.0 Å². The first-order chi connectivity index (χ1) is 16.7. The Morgan fingerprint density at radius 2 is 1.66 bits per heavy atom. The zero-order valence-corrected chi connectivity index (χ0v) is 22.3. The lowest BCUT2D eigenvalue weighted by atomic mass is 10.1. The third kappa shape index (κ3) is 8.33. The molecular formula is C26H36ClN3O4S. The average molecular weight is 522 g/mol. The quantitative estimate of drug-likeness (QED) is 0.372. The van der Waals surface area contributed by atoms with Gasteiger partial charge in [-0.2, -0.15) is 0 Å². The number of carbonyl (C=O) groups excluding carboxylic acids is 2. The zero-order chi connectivity index (χ0) is 25.8. The van der Waals surface area contributed by atoms with Gasteiger partial charge >= 0.3 is 0 Å². The number of halogens is 1. The van der Waals surface area contributed by atoms with Crippen molar-refractivity contribution in [2.75, 3.05) is 20.1 Å². The molecule has 0 aliphatic heterocycles. The molecule has 1 atom stereocenters. The number of benzene rings is 2. The molecule has 0 radical (unpaired) electrons. The second kappa shape index (κ2) is 14.2. The van der Waals surface area contributed by atoms with Crippen LogP contribution in [0.2, 0.25) is 5.02 Å². The van der Waals surface area contributed by atoms with Crippen LogP contribution in [-0.2, 0) is 26.2 Å². The van der Waals surface area contributed by atoms with Crippen LogP contribution in [0.15, 0.2) is 59.5 Å². The number of amides is 2. The fourth-order valence-electron chi connectivity index (χ4n) is 3.72. The number of sulfonamides is 1. The average Bonchev–Trinajstić information content (AvgIpc) is 2.85. The Kier molecular flexibility index (Phi) is 11.7. The molecule has 0 saturated heterocycles. The first kappa shape index (κ1) is 28.8. The molecule has 0 fully saturated rings. The van der Waals surface area contributed by atoms with E-state index in [1.165, 1.54) is 11.4 Å². The summed E-state index contributed by atoms with van der Waals surface area (Å²) < 4.78 is 26.8. The van der Waals surface area contributed by atoms with E-state index in [0.717, 1.165) is 18.4 Å². The van der Waals surface area contributed by atoms with Crippen LogP contribution in [0, 0.1) is 0 Å². The molecule has 0 heterocycles. The summed E-state index contributed by atoms with van der Waals surface area (Å²) in [5.74, 6) is -0.405. The lowest BCUT2D eigenvalue weighted by Gasteiger charge is -2.31. The van der Waals surface area contributed by atoms with E-state index in [0.29, 0.717) is 24.4 Å². The summed E-state index contributed by atoms with van der Waals surface area (Å²) in [4.78, 5) is 28.0. The molecule has 0 aliphatic carbocycles. The van der Waals surface area contributed by atoms with Crippen LogP contribution in [0.4, 0.5) is 0 Å². The molecular weight excluding hydrogens is 486 g/mol. The molecule has 9 heteroatoms. The lowest BCUT2D eigenvalue weighted by Crippen LogP contribution is -2.49. The minimum atomic E-state index is -3.63.